The third-order valence-electron chi connectivity index (χ3n) is 4.44. The molecule has 4 aromatic rings. The molecule has 1 unspecified atom stereocenters. The molecule has 2 aromatic carbocycles. The zero-order valence-electron chi connectivity index (χ0n) is 16.0. The number of aryl methyl sites for hydroxylation is 1. The third-order valence-corrected chi connectivity index (χ3v) is 4.44. The lowest BCUT2D eigenvalue weighted by Crippen LogP contribution is -2.30. The number of carbonyl (C=O) groups excluding carboxylic acids is 1. The fourth-order valence-electron chi connectivity index (χ4n) is 2.96. The number of carbonyl (C=O) groups is 1. The summed E-state index contributed by atoms with van der Waals surface area (Å²) in [7, 11) is 1.62. The maximum atomic E-state index is 12.9. The number of hydrogen-bond donors (Lipinski definition) is 2. The highest BCUT2D eigenvalue weighted by atomic mass is 16.5. The summed E-state index contributed by atoms with van der Waals surface area (Å²) >= 11 is 0. The molecule has 8 heteroatoms. The molecule has 0 aliphatic rings. The highest BCUT2D eigenvalue weighted by Crippen LogP contribution is 2.20. The molecule has 0 radical (unpaired) electrons. The van der Waals surface area contributed by atoms with Crippen molar-refractivity contribution in [2.75, 3.05) is 7.11 Å². The van der Waals surface area contributed by atoms with Gasteiger partial charge in [0.25, 0.3) is 5.91 Å². The molecule has 1 atom stereocenters. The van der Waals surface area contributed by atoms with E-state index in [4.69, 9.17) is 4.74 Å². The number of aromatic nitrogens is 5. The van der Waals surface area contributed by atoms with Crippen LogP contribution in [0, 0.1) is 6.92 Å². The fourth-order valence-corrected chi connectivity index (χ4v) is 2.96. The molecule has 0 saturated heterocycles. The number of H-pyrrole nitrogens is 1. The molecule has 2 aromatic heterocycles. The molecule has 2 heterocycles. The van der Waals surface area contributed by atoms with E-state index in [1.807, 2.05) is 61.5 Å². The van der Waals surface area contributed by atoms with Gasteiger partial charge in [-0.1, -0.05) is 30.3 Å². The van der Waals surface area contributed by atoms with Gasteiger partial charge in [0.1, 0.15) is 17.6 Å². The first-order valence-electron chi connectivity index (χ1n) is 9.09. The summed E-state index contributed by atoms with van der Waals surface area (Å²) in [5.41, 5.74) is 2.01. The predicted molar refractivity (Wildman–Crippen MR) is 107 cm³/mol. The Hall–Kier alpha value is -3.94. The van der Waals surface area contributed by atoms with Gasteiger partial charge in [-0.2, -0.15) is 10.2 Å². The quantitative estimate of drug-likeness (QED) is 0.529. The smallest absolute Gasteiger partial charge is 0.272 e. The van der Waals surface area contributed by atoms with Crippen LogP contribution in [0.25, 0.3) is 5.69 Å². The minimum absolute atomic E-state index is 0.300. The van der Waals surface area contributed by atoms with Gasteiger partial charge in [-0.05, 0) is 42.8 Å². The van der Waals surface area contributed by atoms with Gasteiger partial charge in [0.2, 0.25) is 0 Å². The van der Waals surface area contributed by atoms with Crippen LogP contribution in [0.2, 0.25) is 0 Å². The Morgan fingerprint density at radius 2 is 1.86 bits per heavy atom. The van der Waals surface area contributed by atoms with Gasteiger partial charge in [0.15, 0.2) is 11.5 Å². The topological polar surface area (TPSA) is 97.7 Å². The normalized spacial score (nSPS) is 11.8. The lowest BCUT2D eigenvalue weighted by atomic mass is 10.1. The molecule has 0 bridgehead atoms. The maximum Gasteiger partial charge on any atom is 0.272 e. The summed E-state index contributed by atoms with van der Waals surface area (Å²) in [6, 6.07) is 18.2. The van der Waals surface area contributed by atoms with E-state index in [9.17, 15) is 4.79 Å². The second-order valence-corrected chi connectivity index (χ2v) is 6.44. The summed E-state index contributed by atoms with van der Waals surface area (Å²) in [5, 5.41) is 14.4. The summed E-state index contributed by atoms with van der Waals surface area (Å²) in [6.45, 7) is 1.82. The van der Waals surface area contributed by atoms with E-state index in [-0.39, 0.29) is 5.91 Å². The number of nitrogens with zero attached hydrogens (tertiary/aromatic N) is 4. The Balaban J connectivity index is 1.57. The molecule has 29 heavy (non-hydrogen) atoms. The van der Waals surface area contributed by atoms with Crippen molar-refractivity contribution >= 4 is 5.91 Å². The van der Waals surface area contributed by atoms with Crippen LogP contribution in [-0.4, -0.2) is 38.0 Å². The average molecular weight is 388 g/mol. The lowest BCUT2D eigenvalue weighted by Gasteiger charge is -2.15. The zero-order valence-corrected chi connectivity index (χ0v) is 16.0. The van der Waals surface area contributed by atoms with E-state index in [1.165, 1.54) is 0 Å². The second-order valence-electron chi connectivity index (χ2n) is 6.44. The first-order valence-corrected chi connectivity index (χ1v) is 9.09. The fraction of sp³-hybridized carbons (Fsp3) is 0.143. The van der Waals surface area contributed by atoms with Gasteiger partial charge in [0, 0.05) is 6.20 Å². The standard InChI is InChI=1S/C21H20N6O2/c1-14-22-20(25-24-14)19(15-6-4-3-5-7-15)23-21(28)18-12-13-27(26-18)16-8-10-17(29-2)11-9-16/h3-13,19H,1-2H3,(H,23,28)(H,22,24,25). The summed E-state index contributed by atoms with van der Waals surface area (Å²) in [5.74, 6) is 1.62. The van der Waals surface area contributed by atoms with Crippen molar-refractivity contribution in [3.05, 3.63) is 89.8 Å². The molecule has 0 aliphatic heterocycles. The van der Waals surface area contributed by atoms with Gasteiger partial charge in [-0.15, -0.1) is 0 Å². The van der Waals surface area contributed by atoms with Crippen LogP contribution in [0.1, 0.15) is 33.7 Å². The van der Waals surface area contributed by atoms with Crippen molar-refractivity contribution in [3.8, 4) is 11.4 Å². The summed E-state index contributed by atoms with van der Waals surface area (Å²) in [6.07, 6.45) is 1.74. The Morgan fingerprint density at radius 3 is 2.52 bits per heavy atom. The summed E-state index contributed by atoms with van der Waals surface area (Å²) in [4.78, 5) is 17.3. The number of amides is 1. The number of ether oxygens (including phenoxy) is 1. The van der Waals surface area contributed by atoms with Crippen molar-refractivity contribution in [2.45, 2.75) is 13.0 Å². The van der Waals surface area contributed by atoms with E-state index in [1.54, 1.807) is 24.1 Å². The number of hydrogen-bond acceptors (Lipinski definition) is 5. The highest BCUT2D eigenvalue weighted by molar-refractivity contribution is 5.92. The van der Waals surface area contributed by atoms with Crippen LogP contribution in [0.5, 0.6) is 5.75 Å². The van der Waals surface area contributed by atoms with Crippen LogP contribution < -0.4 is 10.1 Å². The molecule has 146 valence electrons. The molecule has 2 N–H and O–H groups in total. The van der Waals surface area contributed by atoms with Crippen LogP contribution >= 0.6 is 0 Å². The molecule has 4 rings (SSSR count). The van der Waals surface area contributed by atoms with Gasteiger partial charge >= 0.3 is 0 Å². The van der Waals surface area contributed by atoms with Gasteiger partial charge in [0.05, 0.1) is 12.8 Å². The predicted octanol–water partition coefficient (Wildman–Crippen LogP) is 2.83. The van der Waals surface area contributed by atoms with Crippen molar-refractivity contribution in [3.63, 3.8) is 0 Å². The second kappa shape index (κ2) is 7.97. The van der Waals surface area contributed by atoms with Crippen molar-refractivity contribution < 1.29 is 9.53 Å². The molecular weight excluding hydrogens is 368 g/mol. The monoisotopic (exact) mass is 388 g/mol. The molecule has 0 saturated carbocycles. The largest absolute Gasteiger partial charge is 0.497 e. The Morgan fingerprint density at radius 1 is 1.10 bits per heavy atom. The van der Waals surface area contributed by atoms with Gasteiger partial charge in [-0.3, -0.25) is 9.89 Å². The van der Waals surface area contributed by atoms with E-state index >= 15 is 0 Å². The van der Waals surface area contributed by atoms with Crippen LogP contribution in [-0.2, 0) is 0 Å². The van der Waals surface area contributed by atoms with Crippen LogP contribution in [0.3, 0.4) is 0 Å². The highest BCUT2D eigenvalue weighted by Gasteiger charge is 2.22. The first kappa shape index (κ1) is 18.4. The van der Waals surface area contributed by atoms with Crippen LogP contribution in [0.4, 0.5) is 0 Å². The van der Waals surface area contributed by atoms with Crippen molar-refractivity contribution in [2.24, 2.45) is 0 Å². The lowest BCUT2D eigenvalue weighted by molar-refractivity contribution is 0.0936. The number of methoxy groups -OCH3 is 1. The minimum Gasteiger partial charge on any atom is -0.497 e. The molecule has 0 spiro atoms. The van der Waals surface area contributed by atoms with Gasteiger partial charge in [-0.25, -0.2) is 9.67 Å². The molecule has 0 aliphatic carbocycles. The molecular formula is C21H20N6O2. The number of benzene rings is 2. The molecule has 0 fully saturated rings. The molecule has 1 amide bonds. The van der Waals surface area contributed by atoms with E-state index in [0.717, 1.165) is 17.0 Å². The summed E-state index contributed by atoms with van der Waals surface area (Å²) < 4.78 is 6.81. The first-order chi connectivity index (χ1) is 14.1. The number of rotatable bonds is 6. The molecule has 8 nitrogen and oxygen atoms in total. The Bertz CT molecular complexity index is 1100. The van der Waals surface area contributed by atoms with E-state index in [0.29, 0.717) is 17.3 Å². The van der Waals surface area contributed by atoms with E-state index < -0.39 is 6.04 Å². The number of aromatic amines is 1. The Kier molecular flexibility index (Phi) is 5.07. The Labute approximate surface area is 167 Å². The van der Waals surface area contributed by atoms with Crippen molar-refractivity contribution in [1.29, 1.82) is 0 Å². The van der Waals surface area contributed by atoms with Gasteiger partial charge < -0.3 is 10.1 Å². The minimum atomic E-state index is -0.486. The average Bonchev–Trinajstić information content (AvgIpc) is 3.42. The van der Waals surface area contributed by atoms with Crippen molar-refractivity contribution in [1.82, 2.24) is 30.3 Å². The zero-order chi connectivity index (χ0) is 20.2. The third kappa shape index (κ3) is 4.01. The van der Waals surface area contributed by atoms with E-state index in [2.05, 4.69) is 25.6 Å². The van der Waals surface area contributed by atoms with Crippen LogP contribution in [0.15, 0.2) is 66.9 Å². The SMILES string of the molecule is COc1ccc(-n2ccc(C(=O)NC(c3ccccc3)c3n[nH]c(C)n3)n2)cc1. The maximum absolute atomic E-state index is 12.9. The number of nitrogens with one attached hydrogen (secondary N) is 2.